The fourth-order valence-corrected chi connectivity index (χ4v) is 1.32. The van der Waals surface area contributed by atoms with Gasteiger partial charge in [0.25, 0.3) is 0 Å². The summed E-state index contributed by atoms with van der Waals surface area (Å²) in [5, 5.41) is 2.69. The van der Waals surface area contributed by atoms with E-state index in [9.17, 15) is 9.59 Å². The number of hydrogen-bond acceptors (Lipinski definition) is 5. The van der Waals surface area contributed by atoms with Gasteiger partial charge in [0.05, 0.1) is 18.1 Å². The molecule has 0 bridgehead atoms. The van der Waals surface area contributed by atoms with Crippen molar-refractivity contribution in [2.75, 3.05) is 19.0 Å². The second-order valence-electron chi connectivity index (χ2n) is 2.84. The number of aromatic nitrogens is 1. The van der Waals surface area contributed by atoms with Gasteiger partial charge in [-0.25, -0.2) is 9.78 Å². The Morgan fingerprint density at radius 2 is 2.25 bits per heavy atom. The predicted molar refractivity (Wildman–Crippen MR) is 61.0 cm³/mol. The van der Waals surface area contributed by atoms with Crippen LogP contribution in [0.25, 0.3) is 0 Å². The summed E-state index contributed by atoms with van der Waals surface area (Å²) in [6, 6.07) is 3.13. The zero-order chi connectivity index (χ0) is 12.1. The molecule has 0 aliphatic rings. The van der Waals surface area contributed by atoms with Crippen LogP contribution in [0.3, 0.4) is 0 Å². The second kappa shape index (κ2) is 5.45. The van der Waals surface area contributed by atoms with Gasteiger partial charge in [-0.05, 0) is 28.1 Å². The molecule has 1 aromatic heterocycles. The second-order valence-corrected chi connectivity index (χ2v) is 3.69. The minimum absolute atomic E-state index is 0.0593. The van der Waals surface area contributed by atoms with E-state index >= 15 is 0 Å². The third kappa shape index (κ3) is 3.20. The number of pyridine rings is 1. The number of amides is 1. The van der Waals surface area contributed by atoms with Crippen LogP contribution in [0.1, 0.15) is 10.5 Å². The van der Waals surface area contributed by atoms with Gasteiger partial charge in [-0.2, -0.15) is 0 Å². The molecule has 0 aromatic carbocycles. The number of nitrogens with two attached hydrogens (primary N) is 1. The number of nitrogens with zero attached hydrogens (tertiary/aromatic N) is 1. The van der Waals surface area contributed by atoms with Crippen molar-refractivity contribution in [3.05, 3.63) is 22.3 Å². The van der Waals surface area contributed by atoms with Crippen molar-refractivity contribution in [1.82, 2.24) is 4.98 Å². The zero-order valence-corrected chi connectivity index (χ0v) is 10.1. The SMILES string of the molecule is COC(=O)c1ccc(Br)c(NCC(N)=O)n1. The normalized spacial score (nSPS) is 9.62. The lowest BCUT2D eigenvalue weighted by Gasteiger charge is -2.06. The van der Waals surface area contributed by atoms with Gasteiger partial charge in [0.15, 0.2) is 5.69 Å². The Morgan fingerprint density at radius 1 is 1.56 bits per heavy atom. The van der Waals surface area contributed by atoms with Crippen LogP contribution < -0.4 is 11.1 Å². The Morgan fingerprint density at radius 3 is 2.81 bits per heavy atom. The standard InChI is InChI=1S/C9H10BrN3O3/c1-16-9(15)6-3-2-5(10)8(13-6)12-4-7(11)14/h2-3H,4H2,1H3,(H2,11,14)(H,12,13). The monoisotopic (exact) mass is 287 g/mol. The number of nitrogens with one attached hydrogen (secondary N) is 1. The van der Waals surface area contributed by atoms with Crippen molar-refractivity contribution < 1.29 is 14.3 Å². The highest BCUT2D eigenvalue weighted by Gasteiger charge is 2.10. The predicted octanol–water partition coefficient (Wildman–Crippen LogP) is 0.528. The van der Waals surface area contributed by atoms with Crippen LogP contribution in [0.2, 0.25) is 0 Å². The molecule has 16 heavy (non-hydrogen) atoms. The van der Waals surface area contributed by atoms with E-state index in [4.69, 9.17) is 5.73 Å². The maximum atomic E-state index is 11.2. The molecule has 0 aliphatic carbocycles. The number of esters is 1. The number of rotatable bonds is 4. The molecule has 1 amide bonds. The first-order valence-corrected chi connectivity index (χ1v) is 5.11. The van der Waals surface area contributed by atoms with E-state index in [2.05, 4.69) is 31.0 Å². The van der Waals surface area contributed by atoms with E-state index < -0.39 is 11.9 Å². The Kier molecular flexibility index (Phi) is 4.24. The molecule has 1 heterocycles. The average Bonchev–Trinajstić information content (AvgIpc) is 2.26. The number of hydrogen-bond donors (Lipinski definition) is 2. The van der Waals surface area contributed by atoms with Crippen molar-refractivity contribution >= 4 is 33.6 Å². The maximum absolute atomic E-state index is 11.2. The van der Waals surface area contributed by atoms with Crippen LogP contribution in [-0.2, 0) is 9.53 Å². The molecule has 0 unspecified atom stereocenters. The molecule has 0 radical (unpaired) electrons. The Bertz CT molecular complexity index is 422. The highest BCUT2D eigenvalue weighted by atomic mass is 79.9. The van der Waals surface area contributed by atoms with Crippen molar-refractivity contribution in [2.45, 2.75) is 0 Å². The van der Waals surface area contributed by atoms with Crippen molar-refractivity contribution in [2.24, 2.45) is 5.73 Å². The number of primary amides is 1. The largest absolute Gasteiger partial charge is 0.464 e. The van der Waals surface area contributed by atoms with Gasteiger partial charge in [0.2, 0.25) is 5.91 Å². The fraction of sp³-hybridized carbons (Fsp3) is 0.222. The van der Waals surface area contributed by atoms with Gasteiger partial charge in [-0.15, -0.1) is 0 Å². The molecule has 0 saturated carbocycles. The molecule has 0 atom stereocenters. The zero-order valence-electron chi connectivity index (χ0n) is 8.49. The summed E-state index contributed by atoms with van der Waals surface area (Å²) in [6.45, 7) is -0.0593. The van der Waals surface area contributed by atoms with Gasteiger partial charge in [0.1, 0.15) is 5.82 Å². The molecule has 0 aliphatic heterocycles. The molecule has 0 saturated heterocycles. The highest BCUT2D eigenvalue weighted by Crippen LogP contribution is 2.20. The summed E-state index contributed by atoms with van der Waals surface area (Å²) in [4.78, 5) is 25.8. The van der Waals surface area contributed by atoms with Crippen molar-refractivity contribution in [1.29, 1.82) is 0 Å². The molecule has 1 aromatic rings. The Hall–Kier alpha value is -1.63. The summed E-state index contributed by atoms with van der Waals surface area (Å²) in [5.41, 5.74) is 5.13. The third-order valence-corrected chi connectivity index (χ3v) is 2.31. The van der Waals surface area contributed by atoms with E-state index in [1.165, 1.54) is 13.2 Å². The van der Waals surface area contributed by atoms with E-state index in [0.717, 1.165) is 0 Å². The first-order chi connectivity index (χ1) is 7.54. The van der Waals surface area contributed by atoms with Gasteiger partial charge in [0, 0.05) is 0 Å². The lowest BCUT2D eigenvalue weighted by molar-refractivity contribution is -0.116. The number of anilines is 1. The molecule has 1 rings (SSSR count). The van der Waals surface area contributed by atoms with Gasteiger partial charge < -0.3 is 15.8 Å². The molecule has 6 nitrogen and oxygen atoms in total. The topological polar surface area (TPSA) is 94.3 Å². The molecule has 7 heteroatoms. The smallest absolute Gasteiger partial charge is 0.356 e. The Balaban J connectivity index is 2.90. The first kappa shape index (κ1) is 12.4. The summed E-state index contributed by atoms with van der Waals surface area (Å²) in [7, 11) is 1.27. The first-order valence-electron chi connectivity index (χ1n) is 4.31. The van der Waals surface area contributed by atoms with Crippen LogP contribution in [0.4, 0.5) is 5.82 Å². The average molecular weight is 288 g/mol. The lowest BCUT2D eigenvalue weighted by atomic mass is 10.3. The Labute approximate surface area is 100 Å². The highest BCUT2D eigenvalue weighted by molar-refractivity contribution is 9.10. The van der Waals surface area contributed by atoms with Crippen LogP contribution in [0.5, 0.6) is 0 Å². The molecule has 86 valence electrons. The number of carbonyl (C=O) groups is 2. The van der Waals surface area contributed by atoms with Crippen molar-refractivity contribution in [3.8, 4) is 0 Å². The molecule has 3 N–H and O–H groups in total. The van der Waals surface area contributed by atoms with Crippen LogP contribution in [-0.4, -0.2) is 30.5 Å². The van der Waals surface area contributed by atoms with Gasteiger partial charge in [-0.1, -0.05) is 0 Å². The maximum Gasteiger partial charge on any atom is 0.356 e. The fourth-order valence-electron chi connectivity index (χ4n) is 0.955. The quantitative estimate of drug-likeness (QED) is 0.788. The van der Waals surface area contributed by atoms with E-state index in [0.29, 0.717) is 10.3 Å². The lowest BCUT2D eigenvalue weighted by Crippen LogP contribution is -2.22. The number of methoxy groups -OCH3 is 1. The van der Waals surface area contributed by atoms with E-state index in [-0.39, 0.29) is 12.2 Å². The van der Waals surface area contributed by atoms with Crippen LogP contribution >= 0.6 is 15.9 Å². The third-order valence-electron chi connectivity index (χ3n) is 1.67. The number of carbonyl (C=O) groups excluding carboxylic acids is 2. The number of halogens is 1. The summed E-state index contributed by atoms with van der Waals surface area (Å²) in [5.74, 6) is -0.700. The van der Waals surface area contributed by atoms with E-state index in [1.54, 1.807) is 6.07 Å². The van der Waals surface area contributed by atoms with Crippen LogP contribution in [0, 0.1) is 0 Å². The van der Waals surface area contributed by atoms with Crippen molar-refractivity contribution in [3.63, 3.8) is 0 Å². The number of ether oxygens (including phenoxy) is 1. The van der Waals surface area contributed by atoms with Gasteiger partial charge >= 0.3 is 5.97 Å². The summed E-state index contributed by atoms with van der Waals surface area (Å²) in [6.07, 6.45) is 0. The minimum Gasteiger partial charge on any atom is -0.464 e. The van der Waals surface area contributed by atoms with Crippen LogP contribution in [0.15, 0.2) is 16.6 Å². The molecular formula is C9H10BrN3O3. The summed E-state index contributed by atoms with van der Waals surface area (Å²) < 4.78 is 5.15. The summed E-state index contributed by atoms with van der Waals surface area (Å²) >= 11 is 3.22. The van der Waals surface area contributed by atoms with E-state index in [1.807, 2.05) is 0 Å². The van der Waals surface area contributed by atoms with Gasteiger partial charge in [-0.3, -0.25) is 4.79 Å². The molecule has 0 fully saturated rings. The minimum atomic E-state index is -0.547. The molecule has 0 spiro atoms. The molecular weight excluding hydrogens is 278 g/mol.